The maximum atomic E-state index is 12.1. The van der Waals surface area contributed by atoms with E-state index >= 15 is 0 Å². The Balaban J connectivity index is 1.84. The van der Waals surface area contributed by atoms with Crippen LogP contribution in [-0.2, 0) is 4.79 Å². The standard InChI is InChI=1S/C18H16N2O4S/c1-2-24-15-9-11(7-8-14(15)22)10-16-17(23)20-18(25-16)19-12-5-3-4-6-13(12)21/h3-10,21-22H,2H2,1H3,(H,19,20,23)/b16-10-. The molecule has 0 radical (unpaired) electrons. The zero-order valence-electron chi connectivity index (χ0n) is 13.4. The third-order valence-electron chi connectivity index (χ3n) is 3.34. The molecule has 0 unspecified atom stereocenters. The van der Waals surface area contributed by atoms with E-state index in [-0.39, 0.29) is 17.4 Å². The van der Waals surface area contributed by atoms with Crippen molar-refractivity contribution in [2.75, 3.05) is 6.61 Å². The summed E-state index contributed by atoms with van der Waals surface area (Å²) in [5.41, 5.74) is 1.11. The molecule has 1 amide bonds. The molecule has 25 heavy (non-hydrogen) atoms. The summed E-state index contributed by atoms with van der Waals surface area (Å²) in [6.07, 6.45) is 1.69. The Kier molecular flexibility index (Phi) is 4.95. The topological polar surface area (TPSA) is 91.2 Å². The number of phenolic OH excluding ortho intramolecular Hbond substituents is 2. The first-order valence-electron chi connectivity index (χ1n) is 7.60. The van der Waals surface area contributed by atoms with Crippen molar-refractivity contribution in [2.45, 2.75) is 6.92 Å². The number of thioether (sulfide) groups is 1. The van der Waals surface area contributed by atoms with Gasteiger partial charge in [-0.3, -0.25) is 4.79 Å². The molecule has 0 bridgehead atoms. The van der Waals surface area contributed by atoms with Crippen LogP contribution in [0.15, 0.2) is 52.4 Å². The van der Waals surface area contributed by atoms with Crippen LogP contribution in [0.4, 0.5) is 5.69 Å². The second-order valence-electron chi connectivity index (χ2n) is 5.13. The second-order valence-corrected chi connectivity index (χ2v) is 6.16. The maximum Gasteiger partial charge on any atom is 0.264 e. The molecule has 1 saturated heterocycles. The second kappa shape index (κ2) is 7.31. The number of amides is 1. The highest BCUT2D eigenvalue weighted by molar-refractivity contribution is 8.18. The summed E-state index contributed by atoms with van der Waals surface area (Å²) < 4.78 is 5.34. The van der Waals surface area contributed by atoms with E-state index in [0.29, 0.717) is 28.1 Å². The van der Waals surface area contributed by atoms with E-state index in [2.05, 4.69) is 10.3 Å². The molecule has 3 rings (SSSR count). The van der Waals surface area contributed by atoms with Gasteiger partial charge in [0, 0.05) is 0 Å². The van der Waals surface area contributed by atoms with Gasteiger partial charge in [-0.25, -0.2) is 4.99 Å². The van der Waals surface area contributed by atoms with Crippen LogP contribution in [0.25, 0.3) is 6.08 Å². The Morgan fingerprint density at radius 3 is 2.76 bits per heavy atom. The van der Waals surface area contributed by atoms with E-state index in [1.54, 1.807) is 36.4 Å². The first kappa shape index (κ1) is 16.9. The fourth-order valence-electron chi connectivity index (χ4n) is 2.19. The van der Waals surface area contributed by atoms with Gasteiger partial charge >= 0.3 is 0 Å². The fraction of sp³-hybridized carbons (Fsp3) is 0.111. The molecule has 128 valence electrons. The van der Waals surface area contributed by atoms with E-state index in [0.717, 1.165) is 5.56 Å². The minimum atomic E-state index is -0.273. The summed E-state index contributed by atoms with van der Waals surface area (Å²) in [5.74, 6) is 0.185. The molecule has 0 aromatic heterocycles. The van der Waals surface area contributed by atoms with Crippen LogP contribution in [-0.4, -0.2) is 27.9 Å². The number of hydrogen-bond donors (Lipinski definition) is 3. The van der Waals surface area contributed by atoms with E-state index in [4.69, 9.17) is 4.74 Å². The van der Waals surface area contributed by atoms with Crippen LogP contribution in [0.3, 0.4) is 0 Å². The van der Waals surface area contributed by atoms with Gasteiger partial charge in [-0.15, -0.1) is 0 Å². The number of amidine groups is 1. The number of nitrogens with one attached hydrogen (secondary N) is 1. The number of carbonyl (C=O) groups is 1. The first-order chi connectivity index (χ1) is 12.1. The Hall–Kier alpha value is -2.93. The molecular weight excluding hydrogens is 340 g/mol. The molecule has 1 aliphatic heterocycles. The minimum absolute atomic E-state index is 0.0437. The Labute approximate surface area is 148 Å². The normalized spacial score (nSPS) is 17.1. The lowest BCUT2D eigenvalue weighted by molar-refractivity contribution is -0.115. The lowest BCUT2D eigenvalue weighted by Gasteiger charge is -2.06. The summed E-state index contributed by atoms with van der Waals surface area (Å²) in [7, 11) is 0. The van der Waals surface area contributed by atoms with Crippen LogP contribution in [0.1, 0.15) is 12.5 Å². The van der Waals surface area contributed by atoms with Crippen LogP contribution in [0.2, 0.25) is 0 Å². The highest BCUT2D eigenvalue weighted by Gasteiger charge is 2.24. The van der Waals surface area contributed by atoms with Crippen LogP contribution >= 0.6 is 11.8 Å². The van der Waals surface area contributed by atoms with Crippen molar-refractivity contribution in [2.24, 2.45) is 4.99 Å². The average molecular weight is 356 g/mol. The number of carbonyl (C=O) groups excluding carboxylic acids is 1. The molecule has 2 aromatic rings. The Morgan fingerprint density at radius 2 is 2.00 bits per heavy atom. The average Bonchev–Trinajstić information content (AvgIpc) is 2.92. The number of phenols is 2. The third-order valence-corrected chi connectivity index (χ3v) is 4.25. The summed E-state index contributed by atoms with van der Waals surface area (Å²) in [5, 5.41) is 22.6. The van der Waals surface area contributed by atoms with Gasteiger partial charge in [0.2, 0.25) is 0 Å². The van der Waals surface area contributed by atoms with Crippen molar-refractivity contribution in [3.8, 4) is 17.2 Å². The number of hydrogen-bond acceptors (Lipinski definition) is 6. The number of aliphatic imine (C=N–C) groups is 1. The van der Waals surface area contributed by atoms with E-state index in [1.807, 2.05) is 6.92 Å². The van der Waals surface area contributed by atoms with Crippen molar-refractivity contribution in [1.82, 2.24) is 5.32 Å². The minimum Gasteiger partial charge on any atom is -0.506 e. The van der Waals surface area contributed by atoms with Gasteiger partial charge in [0.15, 0.2) is 16.7 Å². The van der Waals surface area contributed by atoms with Crippen LogP contribution in [0, 0.1) is 0 Å². The summed E-state index contributed by atoms with van der Waals surface area (Å²) >= 11 is 1.18. The van der Waals surface area contributed by atoms with Crippen molar-refractivity contribution in [3.63, 3.8) is 0 Å². The number of aromatic hydroxyl groups is 2. The van der Waals surface area contributed by atoms with Crippen molar-refractivity contribution in [1.29, 1.82) is 0 Å². The van der Waals surface area contributed by atoms with Gasteiger partial charge in [-0.05, 0) is 54.6 Å². The first-order valence-corrected chi connectivity index (χ1v) is 8.42. The molecular formula is C18H16N2O4S. The van der Waals surface area contributed by atoms with Crippen molar-refractivity contribution < 1.29 is 19.7 Å². The monoisotopic (exact) mass is 356 g/mol. The Morgan fingerprint density at radius 1 is 1.20 bits per heavy atom. The van der Waals surface area contributed by atoms with Crippen LogP contribution < -0.4 is 10.1 Å². The Bertz CT molecular complexity index is 877. The van der Waals surface area contributed by atoms with E-state index < -0.39 is 0 Å². The quantitative estimate of drug-likeness (QED) is 0.731. The van der Waals surface area contributed by atoms with Crippen molar-refractivity contribution in [3.05, 3.63) is 52.9 Å². The fourth-order valence-corrected chi connectivity index (χ4v) is 3.03. The van der Waals surface area contributed by atoms with Crippen LogP contribution in [0.5, 0.6) is 17.2 Å². The van der Waals surface area contributed by atoms with Gasteiger partial charge in [-0.2, -0.15) is 0 Å². The maximum absolute atomic E-state index is 12.1. The highest BCUT2D eigenvalue weighted by atomic mass is 32.2. The largest absolute Gasteiger partial charge is 0.506 e. The lowest BCUT2D eigenvalue weighted by Crippen LogP contribution is -2.19. The number of para-hydroxylation sites is 2. The molecule has 1 aliphatic rings. The molecule has 6 nitrogen and oxygen atoms in total. The van der Waals surface area contributed by atoms with Gasteiger partial charge < -0.3 is 20.3 Å². The number of benzene rings is 2. The van der Waals surface area contributed by atoms with Crippen molar-refractivity contribution >= 4 is 34.6 Å². The highest BCUT2D eigenvalue weighted by Crippen LogP contribution is 2.33. The van der Waals surface area contributed by atoms with E-state index in [9.17, 15) is 15.0 Å². The molecule has 0 atom stereocenters. The molecule has 1 heterocycles. The molecule has 0 spiro atoms. The number of rotatable bonds is 4. The zero-order chi connectivity index (χ0) is 17.8. The molecule has 0 aliphatic carbocycles. The van der Waals surface area contributed by atoms with E-state index in [1.165, 1.54) is 23.9 Å². The molecule has 2 aromatic carbocycles. The molecule has 1 fully saturated rings. The number of nitrogens with zero attached hydrogens (tertiary/aromatic N) is 1. The molecule has 3 N–H and O–H groups in total. The third kappa shape index (κ3) is 3.95. The summed E-state index contributed by atoms with van der Waals surface area (Å²) in [6.45, 7) is 2.26. The number of ether oxygens (including phenoxy) is 1. The predicted octanol–water partition coefficient (Wildman–Crippen LogP) is 3.39. The SMILES string of the molecule is CCOc1cc(/C=C2\SC(=Nc3ccccc3O)NC2=O)ccc1O. The van der Waals surface area contributed by atoms with Gasteiger partial charge in [0.25, 0.3) is 5.91 Å². The molecule has 0 saturated carbocycles. The summed E-state index contributed by atoms with van der Waals surface area (Å²) in [4.78, 5) is 16.8. The lowest BCUT2D eigenvalue weighted by atomic mass is 10.2. The predicted molar refractivity (Wildman–Crippen MR) is 98.2 cm³/mol. The van der Waals surface area contributed by atoms with Gasteiger partial charge in [-0.1, -0.05) is 18.2 Å². The van der Waals surface area contributed by atoms with Gasteiger partial charge in [0.1, 0.15) is 11.4 Å². The smallest absolute Gasteiger partial charge is 0.264 e. The zero-order valence-corrected chi connectivity index (χ0v) is 14.2. The molecule has 7 heteroatoms. The van der Waals surface area contributed by atoms with Gasteiger partial charge in [0.05, 0.1) is 11.5 Å². The summed E-state index contributed by atoms with van der Waals surface area (Å²) in [6, 6.07) is 11.5.